The summed E-state index contributed by atoms with van der Waals surface area (Å²) in [6.45, 7) is 1.81. The van der Waals surface area contributed by atoms with Crippen molar-refractivity contribution in [2.24, 2.45) is 0 Å². The number of nitrogens with one attached hydrogen (secondary N) is 2. The molecule has 0 unspecified atom stereocenters. The van der Waals surface area contributed by atoms with E-state index in [0.717, 1.165) is 0 Å². The second kappa shape index (κ2) is 3.57. The maximum Gasteiger partial charge on any atom is 0.234 e. The van der Waals surface area contributed by atoms with Gasteiger partial charge in [-0.15, -0.1) is 0 Å². The van der Waals surface area contributed by atoms with Crippen molar-refractivity contribution < 1.29 is 8.42 Å². The Hall–Kier alpha value is -1.04. The predicted octanol–water partition coefficient (Wildman–Crippen LogP) is 0.561. The van der Waals surface area contributed by atoms with Crippen LogP contribution in [0.1, 0.15) is 13.3 Å². The summed E-state index contributed by atoms with van der Waals surface area (Å²) in [7, 11) is -3.20. The van der Waals surface area contributed by atoms with Gasteiger partial charge in [0.15, 0.2) is 0 Å². The van der Waals surface area contributed by atoms with Gasteiger partial charge in [0, 0.05) is 12.4 Å². The lowest BCUT2D eigenvalue weighted by Crippen LogP contribution is -2.16. The van der Waals surface area contributed by atoms with Crippen LogP contribution in [0, 0.1) is 0 Å². The lowest BCUT2D eigenvalue weighted by atomic mass is 10.6. The highest BCUT2D eigenvalue weighted by atomic mass is 32.2. The molecule has 1 heterocycles. The Morgan fingerprint density at radius 2 is 2.42 bits per heavy atom. The van der Waals surface area contributed by atoms with Crippen LogP contribution < -0.4 is 4.72 Å². The molecule has 0 bridgehead atoms. The van der Waals surface area contributed by atoms with E-state index in [1.165, 1.54) is 6.20 Å². The largest absolute Gasteiger partial charge is 0.330 e. The quantitative estimate of drug-likeness (QED) is 0.726. The average Bonchev–Trinajstić information content (AvgIpc) is 2.38. The van der Waals surface area contributed by atoms with E-state index < -0.39 is 10.0 Å². The van der Waals surface area contributed by atoms with Crippen molar-refractivity contribution in [1.29, 1.82) is 0 Å². The van der Waals surface area contributed by atoms with E-state index in [4.69, 9.17) is 0 Å². The van der Waals surface area contributed by atoms with Crippen molar-refractivity contribution in [1.82, 2.24) is 9.97 Å². The van der Waals surface area contributed by atoms with Gasteiger partial charge in [-0.05, 0) is 6.42 Å². The first-order valence-corrected chi connectivity index (χ1v) is 5.29. The maximum absolute atomic E-state index is 11.1. The van der Waals surface area contributed by atoms with Crippen molar-refractivity contribution in [2.45, 2.75) is 13.3 Å². The normalized spacial score (nSPS) is 11.4. The minimum absolute atomic E-state index is 0.119. The van der Waals surface area contributed by atoms with Gasteiger partial charge in [-0.2, -0.15) is 0 Å². The molecule has 2 N–H and O–H groups in total. The van der Waals surface area contributed by atoms with E-state index in [0.29, 0.717) is 6.42 Å². The number of rotatable bonds is 4. The van der Waals surface area contributed by atoms with Crippen molar-refractivity contribution >= 4 is 16.0 Å². The Morgan fingerprint density at radius 3 is 2.92 bits per heavy atom. The molecule has 0 fully saturated rings. The topological polar surface area (TPSA) is 74.8 Å². The molecular weight excluding hydrogens is 178 g/mol. The molecule has 1 aromatic heterocycles. The van der Waals surface area contributed by atoms with Crippen LogP contribution in [0.15, 0.2) is 12.4 Å². The van der Waals surface area contributed by atoms with Gasteiger partial charge in [0.2, 0.25) is 16.0 Å². The summed E-state index contributed by atoms with van der Waals surface area (Å²) in [4.78, 5) is 6.39. The molecule has 1 aromatic rings. The number of aromatic nitrogens is 2. The van der Waals surface area contributed by atoms with Crippen LogP contribution in [-0.4, -0.2) is 24.1 Å². The number of nitrogens with zero attached hydrogens (tertiary/aromatic N) is 1. The van der Waals surface area contributed by atoms with Crippen LogP contribution in [-0.2, 0) is 10.0 Å². The highest BCUT2D eigenvalue weighted by molar-refractivity contribution is 7.92. The Bertz CT molecular complexity index is 317. The van der Waals surface area contributed by atoms with Gasteiger partial charge in [-0.3, -0.25) is 4.72 Å². The van der Waals surface area contributed by atoms with E-state index in [9.17, 15) is 8.42 Å². The van der Waals surface area contributed by atoms with Gasteiger partial charge < -0.3 is 4.98 Å². The molecule has 6 heteroatoms. The molecule has 0 radical (unpaired) electrons. The number of imidazole rings is 1. The summed E-state index contributed by atoms with van der Waals surface area (Å²) >= 11 is 0. The van der Waals surface area contributed by atoms with Crippen molar-refractivity contribution in [3.63, 3.8) is 0 Å². The lowest BCUT2D eigenvalue weighted by Gasteiger charge is -2.01. The van der Waals surface area contributed by atoms with E-state index >= 15 is 0 Å². The van der Waals surface area contributed by atoms with Gasteiger partial charge in [0.1, 0.15) is 0 Å². The molecule has 0 aliphatic rings. The zero-order valence-corrected chi connectivity index (χ0v) is 7.56. The predicted molar refractivity (Wildman–Crippen MR) is 46.3 cm³/mol. The molecule has 68 valence electrons. The lowest BCUT2D eigenvalue weighted by molar-refractivity contribution is 0.599. The Morgan fingerprint density at radius 1 is 1.67 bits per heavy atom. The van der Waals surface area contributed by atoms with E-state index in [-0.39, 0.29) is 11.7 Å². The number of anilines is 1. The van der Waals surface area contributed by atoms with Gasteiger partial charge in [-0.25, -0.2) is 13.4 Å². The summed E-state index contributed by atoms with van der Waals surface area (Å²) in [5, 5.41) is 0. The first-order chi connectivity index (χ1) is 5.64. The maximum atomic E-state index is 11.1. The van der Waals surface area contributed by atoms with Gasteiger partial charge in [0.05, 0.1) is 5.75 Å². The monoisotopic (exact) mass is 189 g/mol. The third-order valence-corrected chi connectivity index (χ3v) is 2.67. The summed E-state index contributed by atoms with van der Waals surface area (Å²) in [5.74, 6) is 0.386. The molecule has 5 nitrogen and oxygen atoms in total. The fourth-order valence-electron chi connectivity index (χ4n) is 0.788. The molecule has 0 aliphatic carbocycles. The molecule has 0 spiro atoms. The molecule has 0 amide bonds. The van der Waals surface area contributed by atoms with E-state index in [1.54, 1.807) is 13.1 Å². The number of H-pyrrole nitrogens is 1. The summed E-state index contributed by atoms with van der Waals surface area (Å²) in [5.41, 5.74) is 0. The molecule has 0 saturated carbocycles. The number of hydrogen-bond donors (Lipinski definition) is 2. The minimum Gasteiger partial charge on any atom is -0.330 e. The van der Waals surface area contributed by atoms with Crippen LogP contribution in [0.2, 0.25) is 0 Å². The number of sulfonamides is 1. The smallest absolute Gasteiger partial charge is 0.234 e. The molecule has 12 heavy (non-hydrogen) atoms. The third kappa shape index (κ3) is 2.54. The average molecular weight is 189 g/mol. The van der Waals surface area contributed by atoms with Crippen molar-refractivity contribution in [3.05, 3.63) is 12.4 Å². The second-order valence-corrected chi connectivity index (χ2v) is 4.20. The third-order valence-electron chi connectivity index (χ3n) is 1.22. The van der Waals surface area contributed by atoms with Crippen LogP contribution in [0.25, 0.3) is 0 Å². The fourth-order valence-corrected chi connectivity index (χ4v) is 1.83. The number of hydrogen-bond acceptors (Lipinski definition) is 3. The first-order valence-electron chi connectivity index (χ1n) is 3.64. The Balaban J connectivity index is 2.63. The van der Waals surface area contributed by atoms with Crippen molar-refractivity contribution in [3.8, 4) is 0 Å². The van der Waals surface area contributed by atoms with Crippen LogP contribution in [0.3, 0.4) is 0 Å². The van der Waals surface area contributed by atoms with E-state index in [1.807, 2.05) is 0 Å². The van der Waals surface area contributed by atoms with E-state index in [2.05, 4.69) is 14.7 Å². The molecule has 0 saturated heterocycles. The Kier molecular flexibility index (Phi) is 2.69. The number of aromatic amines is 1. The zero-order chi connectivity index (χ0) is 9.03. The summed E-state index contributed by atoms with van der Waals surface area (Å²) in [6, 6.07) is 0. The molecule has 1 rings (SSSR count). The molecular formula is C6H11N3O2S. The van der Waals surface area contributed by atoms with Crippen LogP contribution >= 0.6 is 0 Å². The summed E-state index contributed by atoms with van der Waals surface area (Å²) in [6.07, 6.45) is 3.64. The van der Waals surface area contributed by atoms with Gasteiger partial charge >= 0.3 is 0 Å². The Labute approximate surface area is 71.3 Å². The molecule has 0 aromatic carbocycles. The standard InChI is InChI=1S/C6H11N3O2S/c1-2-5-12(10,11)9-6-7-3-4-8-6/h3-4H,2,5H2,1H3,(H2,7,8,9). The minimum atomic E-state index is -3.20. The van der Waals surface area contributed by atoms with Gasteiger partial charge in [-0.1, -0.05) is 6.92 Å². The second-order valence-electron chi connectivity index (χ2n) is 2.36. The van der Waals surface area contributed by atoms with Crippen LogP contribution in [0.4, 0.5) is 5.95 Å². The fraction of sp³-hybridized carbons (Fsp3) is 0.500. The highest BCUT2D eigenvalue weighted by Crippen LogP contribution is 2.00. The summed E-state index contributed by atoms with van der Waals surface area (Å²) < 4.78 is 24.6. The van der Waals surface area contributed by atoms with Crippen LogP contribution in [0.5, 0.6) is 0 Å². The SMILES string of the molecule is CCCS(=O)(=O)Nc1ncc[nH]1. The van der Waals surface area contributed by atoms with Crippen molar-refractivity contribution in [2.75, 3.05) is 10.5 Å². The van der Waals surface area contributed by atoms with Gasteiger partial charge in [0.25, 0.3) is 0 Å². The molecule has 0 aliphatic heterocycles. The molecule has 0 atom stereocenters. The highest BCUT2D eigenvalue weighted by Gasteiger charge is 2.08. The first kappa shape index (κ1) is 9.05. The zero-order valence-electron chi connectivity index (χ0n) is 6.74.